The summed E-state index contributed by atoms with van der Waals surface area (Å²) in [5.41, 5.74) is 0. The van der Waals surface area contributed by atoms with Crippen molar-refractivity contribution in [2.75, 3.05) is 39.4 Å². The zero-order chi connectivity index (χ0) is 13.7. The molecule has 2 saturated heterocycles. The molecular formula is C13H24N2O4. The van der Waals surface area contributed by atoms with Gasteiger partial charge in [-0.1, -0.05) is 0 Å². The van der Waals surface area contributed by atoms with Gasteiger partial charge in [0.25, 0.3) is 0 Å². The van der Waals surface area contributed by atoms with Crippen LogP contribution in [0.2, 0.25) is 0 Å². The van der Waals surface area contributed by atoms with Gasteiger partial charge in [0, 0.05) is 32.2 Å². The lowest BCUT2D eigenvalue weighted by molar-refractivity contribution is -0.149. The SMILES string of the molecule is CC(CN1CCOCC1)NCC1CCC(C(=O)O)O1. The van der Waals surface area contributed by atoms with E-state index < -0.39 is 12.1 Å². The highest BCUT2D eigenvalue weighted by atomic mass is 16.5. The van der Waals surface area contributed by atoms with Gasteiger partial charge in [-0.25, -0.2) is 4.79 Å². The average Bonchev–Trinajstić information content (AvgIpc) is 2.86. The second kappa shape index (κ2) is 7.19. The maximum atomic E-state index is 10.8. The van der Waals surface area contributed by atoms with Crippen LogP contribution in [-0.4, -0.2) is 73.6 Å². The lowest BCUT2D eigenvalue weighted by Crippen LogP contribution is -2.46. The number of carboxylic acid groups (broad SMARTS) is 1. The minimum absolute atomic E-state index is 0.0354. The second-order valence-electron chi connectivity index (χ2n) is 5.38. The molecule has 3 unspecified atom stereocenters. The van der Waals surface area contributed by atoms with E-state index in [0.717, 1.165) is 45.8 Å². The minimum atomic E-state index is -0.844. The number of ether oxygens (including phenoxy) is 2. The van der Waals surface area contributed by atoms with Gasteiger partial charge in [-0.2, -0.15) is 0 Å². The van der Waals surface area contributed by atoms with Crippen molar-refractivity contribution >= 4 is 5.97 Å². The molecule has 2 fully saturated rings. The Kier molecular flexibility index (Phi) is 5.57. The van der Waals surface area contributed by atoms with E-state index in [9.17, 15) is 4.79 Å². The number of aliphatic carboxylic acids is 1. The summed E-state index contributed by atoms with van der Waals surface area (Å²) in [5.74, 6) is -0.844. The van der Waals surface area contributed by atoms with Gasteiger partial charge in [0.2, 0.25) is 0 Å². The zero-order valence-corrected chi connectivity index (χ0v) is 11.5. The van der Waals surface area contributed by atoms with Crippen LogP contribution < -0.4 is 5.32 Å². The highest BCUT2D eigenvalue weighted by molar-refractivity contribution is 5.72. The van der Waals surface area contributed by atoms with Crippen LogP contribution in [0.4, 0.5) is 0 Å². The van der Waals surface area contributed by atoms with Gasteiger partial charge < -0.3 is 19.9 Å². The first-order valence-electron chi connectivity index (χ1n) is 7.07. The Morgan fingerprint density at radius 1 is 1.42 bits per heavy atom. The summed E-state index contributed by atoms with van der Waals surface area (Å²) < 4.78 is 10.8. The van der Waals surface area contributed by atoms with E-state index in [2.05, 4.69) is 17.1 Å². The summed E-state index contributed by atoms with van der Waals surface area (Å²) in [6.45, 7) is 7.50. The van der Waals surface area contributed by atoms with E-state index in [4.69, 9.17) is 14.6 Å². The molecular weight excluding hydrogens is 248 g/mol. The van der Waals surface area contributed by atoms with Gasteiger partial charge in [-0.3, -0.25) is 4.90 Å². The standard InChI is InChI=1S/C13H24N2O4/c1-10(9-15-4-6-18-7-5-15)14-8-11-2-3-12(19-11)13(16)17/h10-12,14H,2-9H2,1H3,(H,16,17). The summed E-state index contributed by atoms with van der Waals surface area (Å²) in [5, 5.41) is 12.3. The number of nitrogens with zero attached hydrogens (tertiary/aromatic N) is 1. The third-order valence-corrected chi connectivity index (χ3v) is 3.71. The molecule has 0 saturated carbocycles. The molecule has 6 heteroatoms. The third kappa shape index (κ3) is 4.72. The molecule has 0 aromatic heterocycles. The molecule has 2 N–H and O–H groups in total. The van der Waals surface area contributed by atoms with Gasteiger partial charge >= 0.3 is 5.97 Å². The number of carboxylic acids is 1. The predicted octanol–water partition coefficient (Wildman–Crippen LogP) is -0.0711. The van der Waals surface area contributed by atoms with Crippen molar-refractivity contribution in [2.45, 2.75) is 38.0 Å². The van der Waals surface area contributed by atoms with Gasteiger partial charge in [0.05, 0.1) is 19.3 Å². The summed E-state index contributed by atoms with van der Waals surface area (Å²) >= 11 is 0. The van der Waals surface area contributed by atoms with Gasteiger partial charge in [-0.05, 0) is 19.8 Å². The molecule has 0 bridgehead atoms. The smallest absolute Gasteiger partial charge is 0.332 e. The van der Waals surface area contributed by atoms with Crippen molar-refractivity contribution in [1.82, 2.24) is 10.2 Å². The molecule has 2 aliphatic rings. The molecule has 2 aliphatic heterocycles. The molecule has 0 aliphatic carbocycles. The first-order chi connectivity index (χ1) is 9.15. The number of morpholine rings is 1. The fourth-order valence-corrected chi connectivity index (χ4v) is 2.61. The average molecular weight is 272 g/mol. The van der Waals surface area contributed by atoms with Crippen molar-refractivity contribution in [1.29, 1.82) is 0 Å². The van der Waals surface area contributed by atoms with Gasteiger partial charge in [-0.15, -0.1) is 0 Å². The Labute approximate surface area is 114 Å². The Morgan fingerprint density at radius 2 is 2.16 bits per heavy atom. The lowest BCUT2D eigenvalue weighted by atomic mass is 10.2. The minimum Gasteiger partial charge on any atom is -0.479 e. The van der Waals surface area contributed by atoms with Crippen LogP contribution in [0, 0.1) is 0 Å². The number of rotatable bonds is 6. The monoisotopic (exact) mass is 272 g/mol. The normalized spacial score (nSPS) is 30.4. The Bertz CT molecular complexity index is 294. The maximum Gasteiger partial charge on any atom is 0.332 e. The van der Waals surface area contributed by atoms with Crippen molar-refractivity contribution in [3.05, 3.63) is 0 Å². The first kappa shape index (κ1) is 14.7. The zero-order valence-electron chi connectivity index (χ0n) is 11.5. The third-order valence-electron chi connectivity index (χ3n) is 3.71. The molecule has 0 spiro atoms. The van der Waals surface area contributed by atoms with E-state index in [-0.39, 0.29) is 6.10 Å². The van der Waals surface area contributed by atoms with Crippen LogP contribution in [0.15, 0.2) is 0 Å². The maximum absolute atomic E-state index is 10.8. The highest BCUT2D eigenvalue weighted by Crippen LogP contribution is 2.19. The van der Waals surface area contributed by atoms with Gasteiger partial charge in [0.15, 0.2) is 6.10 Å². The quantitative estimate of drug-likeness (QED) is 0.705. The summed E-state index contributed by atoms with van der Waals surface area (Å²) in [7, 11) is 0. The summed E-state index contributed by atoms with van der Waals surface area (Å²) in [6.07, 6.45) is 0.878. The van der Waals surface area contributed by atoms with Crippen molar-refractivity contribution in [2.24, 2.45) is 0 Å². The number of hydrogen-bond acceptors (Lipinski definition) is 5. The number of nitrogens with one attached hydrogen (secondary N) is 1. The Balaban J connectivity index is 1.61. The van der Waals surface area contributed by atoms with Crippen LogP contribution >= 0.6 is 0 Å². The van der Waals surface area contributed by atoms with Crippen molar-refractivity contribution in [3.8, 4) is 0 Å². The van der Waals surface area contributed by atoms with Crippen molar-refractivity contribution in [3.63, 3.8) is 0 Å². The summed E-state index contributed by atoms with van der Waals surface area (Å²) in [4.78, 5) is 13.2. The van der Waals surface area contributed by atoms with E-state index in [0.29, 0.717) is 12.5 Å². The molecule has 2 rings (SSSR count). The molecule has 2 heterocycles. The molecule has 0 radical (unpaired) electrons. The van der Waals surface area contributed by atoms with E-state index >= 15 is 0 Å². The van der Waals surface area contributed by atoms with Crippen LogP contribution in [-0.2, 0) is 14.3 Å². The molecule has 0 aromatic rings. The number of hydrogen-bond donors (Lipinski definition) is 2. The fourth-order valence-electron chi connectivity index (χ4n) is 2.61. The summed E-state index contributed by atoms with van der Waals surface area (Å²) in [6, 6.07) is 0.380. The Hall–Kier alpha value is -0.690. The molecule has 0 amide bonds. The fraction of sp³-hybridized carbons (Fsp3) is 0.923. The van der Waals surface area contributed by atoms with Gasteiger partial charge in [0.1, 0.15) is 0 Å². The van der Waals surface area contributed by atoms with Crippen molar-refractivity contribution < 1.29 is 19.4 Å². The Morgan fingerprint density at radius 3 is 2.79 bits per heavy atom. The molecule has 6 nitrogen and oxygen atoms in total. The first-order valence-corrected chi connectivity index (χ1v) is 7.07. The predicted molar refractivity (Wildman–Crippen MR) is 70.3 cm³/mol. The number of carbonyl (C=O) groups is 1. The lowest BCUT2D eigenvalue weighted by Gasteiger charge is -2.29. The molecule has 3 atom stereocenters. The molecule has 19 heavy (non-hydrogen) atoms. The van der Waals surface area contributed by atoms with Crippen LogP contribution in [0.25, 0.3) is 0 Å². The van der Waals surface area contributed by atoms with E-state index in [1.807, 2.05) is 0 Å². The second-order valence-corrected chi connectivity index (χ2v) is 5.38. The molecule has 0 aromatic carbocycles. The van der Waals surface area contributed by atoms with Crippen LogP contribution in [0.1, 0.15) is 19.8 Å². The van der Waals surface area contributed by atoms with Crippen LogP contribution in [0.5, 0.6) is 0 Å². The highest BCUT2D eigenvalue weighted by Gasteiger charge is 2.30. The van der Waals surface area contributed by atoms with E-state index in [1.54, 1.807) is 0 Å². The largest absolute Gasteiger partial charge is 0.479 e. The van der Waals surface area contributed by atoms with E-state index in [1.165, 1.54) is 0 Å². The molecule has 110 valence electrons. The topological polar surface area (TPSA) is 71.0 Å². The van der Waals surface area contributed by atoms with Crippen LogP contribution in [0.3, 0.4) is 0 Å².